The minimum atomic E-state index is -0.0443. The molecule has 0 unspecified atom stereocenters. The maximum atomic E-state index is 12.7. The van der Waals surface area contributed by atoms with Crippen molar-refractivity contribution in [3.05, 3.63) is 42.4 Å². The van der Waals surface area contributed by atoms with Gasteiger partial charge in [-0.3, -0.25) is 4.79 Å². The number of aromatic nitrogens is 2. The normalized spacial score (nSPS) is 10.4. The number of carbonyl (C=O) groups is 1. The Morgan fingerprint density at radius 1 is 1.04 bits per heavy atom. The van der Waals surface area contributed by atoms with E-state index in [0.717, 1.165) is 37.3 Å². The second-order valence-corrected chi connectivity index (χ2v) is 6.15. The molecule has 0 atom stereocenters. The van der Waals surface area contributed by atoms with Gasteiger partial charge < -0.3 is 15.1 Å². The van der Waals surface area contributed by atoms with Gasteiger partial charge in [0.2, 0.25) is 0 Å². The molecule has 2 rings (SSSR count). The van der Waals surface area contributed by atoms with Crippen molar-refractivity contribution in [2.75, 3.05) is 37.4 Å². The topological polar surface area (TPSA) is 61.4 Å². The SMILES string of the molecule is CCCN(CCC)C(=O)c1cc(Nc2ccc(N(C)C)cc2)ncn1. The molecule has 1 aromatic carbocycles. The van der Waals surface area contributed by atoms with Crippen molar-refractivity contribution < 1.29 is 4.79 Å². The number of hydrogen-bond acceptors (Lipinski definition) is 5. The number of carbonyl (C=O) groups excluding carboxylic acids is 1. The van der Waals surface area contributed by atoms with Crippen molar-refractivity contribution in [3.8, 4) is 0 Å². The zero-order valence-electron chi connectivity index (χ0n) is 15.5. The summed E-state index contributed by atoms with van der Waals surface area (Å²) in [5.41, 5.74) is 2.46. The third-order valence-electron chi connectivity index (χ3n) is 3.82. The van der Waals surface area contributed by atoms with Crippen LogP contribution in [0.5, 0.6) is 0 Å². The van der Waals surface area contributed by atoms with E-state index < -0.39 is 0 Å². The van der Waals surface area contributed by atoms with E-state index in [9.17, 15) is 4.79 Å². The summed E-state index contributed by atoms with van der Waals surface area (Å²) in [6.07, 6.45) is 3.29. The number of nitrogens with zero attached hydrogens (tertiary/aromatic N) is 4. The first-order valence-electron chi connectivity index (χ1n) is 8.70. The molecule has 1 N–H and O–H groups in total. The molecule has 6 nitrogen and oxygen atoms in total. The molecule has 2 aromatic rings. The van der Waals surface area contributed by atoms with E-state index in [1.54, 1.807) is 6.07 Å². The molecule has 0 spiro atoms. The third-order valence-corrected chi connectivity index (χ3v) is 3.82. The fourth-order valence-electron chi connectivity index (χ4n) is 2.55. The summed E-state index contributed by atoms with van der Waals surface area (Å²) < 4.78 is 0. The highest BCUT2D eigenvalue weighted by Gasteiger charge is 2.16. The van der Waals surface area contributed by atoms with Crippen molar-refractivity contribution in [2.24, 2.45) is 0 Å². The summed E-state index contributed by atoms with van der Waals surface area (Å²) in [6.45, 7) is 5.62. The largest absolute Gasteiger partial charge is 0.378 e. The van der Waals surface area contributed by atoms with Gasteiger partial charge in [0.05, 0.1) is 0 Å². The van der Waals surface area contributed by atoms with Gasteiger partial charge in [0.25, 0.3) is 5.91 Å². The lowest BCUT2D eigenvalue weighted by atomic mass is 10.2. The predicted molar refractivity (Wildman–Crippen MR) is 103 cm³/mol. The Balaban J connectivity index is 2.13. The highest BCUT2D eigenvalue weighted by molar-refractivity contribution is 5.93. The average molecular weight is 341 g/mol. The predicted octanol–water partition coefficient (Wildman–Crippen LogP) is 3.55. The van der Waals surface area contributed by atoms with Crippen molar-refractivity contribution in [1.82, 2.24) is 14.9 Å². The van der Waals surface area contributed by atoms with Gasteiger partial charge in [-0.15, -0.1) is 0 Å². The Morgan fingerprint density at radius 2 is 1.68 bits per heavy atom. The fourth-order valence-corrected chi connectivity index (χ4v) is 2.55. The molecular formula is C19H27N5O. The van der Waals surface area contributed by atoms with Gasteiger partial charge in [-0.05, 0) is 37.1 Å². The van der Waals surface area contributed by atoms with Gasteiger partial charge in [0.15, 0.2) is 0 Å². The Bertz CT molecular complexity index is 678. The minimum absolute atomic E-state index is 0.0443. The van der Waals surface area contributed by atoms with Crippen molar-refractivity contribution >= 4 is 23.1 Å². The standard InChI is InChI=1S/C19H27N5O/c1-5-11-24(12-6-2)19(25)17-13-18(21-14-20-17)22-15-7-9-16(10-8-15)23(3)4/h7-10,13-14H,5-6,11-12H2,1-4H3,(H,20,21,22). The van der Waals surface area contributed by atoms with Crippen LogP contribution in [-0.4, -0.2) is 48.0 Å². The molecule has 134 valence electrons. The van der Waals surface area contributed by atoms with Gasteiger partial charge in [-0.1, -0.05) is 13.8 Å². The zero-order valence-corrected chi connectivity index (χ0v) is 15.5. The molecule has 0 saturated heterocycles. The van der Waals surface area contributed by atoms with Crippen LogP contribution in [0.15, 0.2) is 36.7 Å². The number of benzene rings is 1. The molecule has 0 radical (unpaired) electrons. The number of rotatable bonds is 8. The molecule has 1 amide bonds. The fraction of sp³-hybridized carbons (Fsp3) is 0.421. The Kier molecular flexibility index (Phi) is 6.74. The van der Waals surface area contributed by atoms with E-state index in [0.29, 0.717) is 11.5 Å². The summed E-state index contributed by atoms with van der Waals surface area (Å²) in [6, 6.07) is 9.74. The van der Waals surface area contributed by atoms with E-state index in [2.05, 4.69) is 29.1 Å². The first-order valence-corrected chi connectivity index (χ1v) is 8.70. The monoisotopic (exact) mass is 341 g/mol. The van der Waals surface area contributed by atoms with Crippen LogP contribution in [0.2, 0.25) is 0 Å². The number of hydrogen-bond donors (Lipinski definition) is 1. The molecule has 0 aliphatic carbocycles. The Hall–Kier alpha value is -2.63. The first kappa shape index (κ1) is 18.7. The number of anilines is 3. The Morgan fingerprint density at radius 3 is 2.24 bits per heavy atom. The summed E-state index contributed by atoms with van der Waals surface area (Å²) in [5.74, 6) is 0.570. The van der Waals surface area contributed by atoms with Crippen LogP contribution < -0.4 is 10.2 Å². The van der Waals surface area contributed by atoms with Crippen LogP contribution >= 0.6 is 0 Å². The molecular weight excluding hydrogens is 314 g/mol. The van der Waals surface area contributed by atoms with Gasteiger partial charge in [0, 0.05) is 44.6 Å². The molecule has 0 aliphatic rings. The number of nitrogens with one attached hydrogen (secondary N) is 1. The second-order valence-electron chi connectivity index (χ2n) is 6.15. The van der Waals surface area contributed by atoms with E-state index in [1.165, 1.54) is 6.33 Å². The van der Waals surface area contributed by atoms with Crippen LogP contribution in [0.3, 0.4) is 0 Å². The third kappa shape index (κ3) is 5.17. The van der Waals surface area contributed by atoms with Crippen molar-refractivity contribution in [1.29, 1.82) is 0 Å². The number of amides is 1. The van der Waals surface area contributed by atoms with Crippen LogP contribution in [0.1, 0.15) is 37.2 Å². The smallest absolute Gasteiger partial charge is 0.272 e. The average Bonchev–Trinajstić information content (AvgIpc) is 2.61. The molecule has 0 fully saturated rings. The van der Waals surface area contributed by atoms with Crippen LogP contribution in [0, 0.1) is 0 Å². The lowest BCUT2D eigenvalue weighted by Gasteiger charge is -2.21. The van der Waals surface area contributed by atoms with Crippen LogP contribution in [-0.2, 0) is 0 Å². The van der Waals surface area contributed by atoms with E-state index >= 15 is 0 Å². The molecule has 6 heteroatoms. The highest BCUT2D eigenvalue weighted by atomic mass is 16.2. The maximum absolute atomic E-state index is 12.7. The molecule has 0 saturated carbocycles. The quantitative estimate of drug-likeness (QED) is 0.795. The van der Waals surface area contributed by atoms with Gasteiger partial charge in [-0.2, -0.15) is 0 Å². The Labute approximate surface area is 149 Å². The molecule has 1 aromatic heterocycles. The lowest BCUT2D eigenvalue weighted by Crippen LogP contribution is -2.33. The summed E-state index contributed by atoms with van der Waals surface area (Å²) >= 11 is 0. The molecule has 25 heavy (non-hydrogen) atoms. The van der Waals surface area contributed by atoms with Crippen LogP contribution in [0.25, 0.3) is 0 Å². The molecule has 0 aliphatic heterocycles. The van der Waals surface area contributed by atoms with Crippen molar-refractivity contribution in [2.45, 2.75) is 26.7 Å². The van der Waals surface area contributed by atoms with Gasteiger partial charge in [-0.25, -0.2) is 9.97 Å². The first-order chi connectivity index (χ1) is 12.0. The second kappa shape index (κ2) is 9.01. The maximum Gasteiger partial charge on any atom is 0.272 e. The minimum Gasteiger partial charge on any atom is -0.378 e. The van der Waals surface area contributed by atoms with E-state index in [4.69, 9.17) is 0 Å². The zero-order chi connectivity index (χ0) is 18.2. The summed E-state index contributed by atoms with van der Waals surface area (Å²) in [4.78, 5) is 24.9. The van der Waals surface area contributed by atoms with E-state index in [1.807, 2.05) is 48.2 Å². The van der Waals surface area contributed by atoms with Gasteiger partial charge >= 0.3 is 0 Å². The lowest BCUT2D eigenvalue weighted by molar-refractivity contribution is 0.0749. The summed E-state index contributed by atoms with van der Waals surface area (Å²) in [5, 5.41) is 3.23. The van der Waals surface area contributed by atoms with E-state index in [-0.39, 0.29) is 5.91 Å². The highest BCUT2D eigenvalue weighted by Crippen LogP contribution is 2.19. The van der Waals surface area contributed by atoms with Crippen molar-refractivity contribution in [3.63, 3.8) is 0 Å². The summed E-state index contributed by atoms with van der Waals surface area (Å²) in [7, 11) is 4.01. The molecule has 1 heterocycles. The molecule has 0 bridgehead atoms. The van der Waals surface area contributed by atoms with Gasteiger partial charge in [0.1, 0.15) is 17.8 Å². The van der Waals surface area contributed by atoms with Crippen LogP contribution in [0.4, 0.5) is 17.2 Å².